The fraction of sp³-hybridized carbons (Fsp3) is 0.576. The van der Waals surface area contributed by atoms with Crippen LogP contribution in [0.2, 0.25) is 0 Å². The normalized spacial score (nSPS) is 16.3. The third kappa shape index (κ3) is 8.98. The zero-order valence-corrected chi connectivity index (χ0v) is 25.4. The van der Waals surface area contributed by atoms with Gasteiger partial charge in [0.25, 0.3) is 0 Å². The molecule has 0 radical (unpaired) electrons. The number of allylic oxidation sites excluding steroid dienone is 3. The summed E-state index contributed by atoms with van der Waals surface area (Å²) >= 11 is 0. The molecule has 2 rings (SSSR count). The number of nitrogens with zero attached hydrogens (tertiary/aromatic N) is 2. The highest BCUT2D eigenvalue weighted by Gasteiger charge is 2.33. The minimum atomic E-state index is -1.24. The summed E-state index contributed by atoms with van der Waals surface area (Å²) in [6.45, 7) is 17.1. The van der Waals surface area contributed by atoms with Gasteiger partial charge in [-0.1, -0.05) is 58.1 Å². The molecule has 0 bridgehead atoms. The van der Waals surface area contributed by atoms with Gasteiger partial charge in [0.15, 0.2) is 0 Å². The van der Waals surface area contributed by atoms with Crippen molar-refractivity contribution in [3.05, 3.63) is 77.0 Å². The van der Waals surface area contributed by atoms with Gasteiger partial charge in [-0.05, 0) is 87.8 Å². The van der Waals surface area contributed by atoms with E-state index in [9.17, 15) is 14.7 Å². The van der Waals surface area contributed by atoms with Crippen LogP contribution in [0.1, 0.15) is 78.5 Å². The van der Waals surface area contributed by atoms with Gasteiger partial charge in [0.2, 0.25) is 5.60 Å². The van der Waals surface area contributed by atoms with Crippen molar-refractivity contribution in [1.29, 1.82) is 0 Å². The van der Waals surface area contributed by atoms with E-state index in [0.717, 1.165) is 43.4 Å². The van der Waals surface area contributed by atoms with Crippen LogP contribution >= 0.6 is 0 Å². The highest BCUT2D eigenvalue weighted by atomic mass is 16.5. The Morgan fingerprint density at radius 2 is 1.85 bits per heavy atom. The number of rotatable bonds is 18. The Hall–Kier alpha value is -3.06. The van der Waals surface area contributed by atoms with Crippen molar-refractivity contribution in [3.8, 4) is 5.75 Å². The maximum atomic E-state index is 13.2. The monoisotopic (exact) mass is 553 g/mol. The molecule has 2 aromatic rings. The van der Waals surface area contributed by atoms with Crippen molar-refractivity contribution >= 4 is 5.97 Å². The summed E-state index contributed by atoms with van der Waals surface area (Å²) in [4.78, 5) is 24.7. The number of aromatic nitrogens is 2. The number of hydrogen-bond acceptors (Lipinski definition) is 4. The average Bonchev–Trinajstić information content (AvgIpc) is 3.19. The number of nitrogens with two attached hydrogens (primary N) is 1. The molecule has 0 saturated heterocycles. The molecule has 1 aromatic heterocycles. The first-order chi connectivity index (χ1) is 19.0. The number of carbonyl (C=O) groups is 1. The molecular weight excluding hydrogens is 502 g/mol. The predicted octanol–water partition coefficient (Wildman–Crippen LogP) is 6.24. The van der Waals surface area contributed by atoms with Gasteiger partial charge in [-0.3, -0.25) is 9.13 Å². The first kappa shape index (κ1) is 33.1. The van der Waals surface area contributed by atoms with Crippen LogP contribution in [0.4, 0.5) is 0 Å². The summed E-state index contributed by atoms with van der Waals surface area (Å²) in [5.74, 6) is 0.678. The molecule has 0 fully saturated rings. The molecule has 3 N–H and O–H groups in total. The van der Waals surface area contributed by atoms with E-state index < -0.39 is 11.6 Å². The molecule has 0 aliphatic heterocycles. The zero-order chi connectivity index (χ0) is 29.9. The first-order valence-corrected chi connectivity index (χ1v) is 14.8. The molecule has 0 aliphatic carbocycles. The Labute approximate surface area is 240 Å². The van der Waals surface area contributed by atoms with Gasteiger partial charge in [0.05, 0.1) is 0 Å². The molecule has 0 saturated carbocycles. The Kier molecular flexibility index (Phi) is 13.0. The van der Waals surface area contributed by atoms with E-state index in [0.29, 0.717) is 43.0 Å². The number of imidazole rings is 1. The highest BCUT2D eigenvalue weighted by Crippen LogP contribution is 2.28. The van der Waals surface area contributed by atoms with Crippen LogP contribution < -0.4 is 16.2 Å². The number of carboxylic acid groups (broad SMARTS) is 1. The third-order valence-corrected chi connectivity index (χ3v) is 8.02. The summed E-state index contributed by atoms with van der Waals surface area (Å²) in [7, 11) is 0. The molecule has 40 heavy (non-hydrogen) atoms. The Morgan fingerprint density at radius 1 is 1.18 bits per heavy atom. The first-order valence-electron chi connectivity index (χ1n) is 14.8. The minimum absolute atomic E-state index is 0.0387. The van der Waals surface area contributed by atoms with Crippen molar-refractivity contribution in [2.75, 3.05) is 0 Å². The summed E-state index contributed by atoms with van der Waals surface area (Å²) in [6, 6.07) is 7.71. The van der Waals surface area contributed by atoms with Crippen LogP contribution in [0.5, 0.6) is 5.75 Å². The molecule has 5 atom stereocenters. The largest absolute Gasteiger partial charge is 0.478 e. The number of aliphatic carboxylic acids is 1. The summed E-state index contributed by atoms with van der Waals surface area (Å²) < 4.78 is 9.45. The second-order valence-electron chi connectivity index (χ2n) is 11.4. The van der Waals surface area contributed by atoms with Crippen LogP contribution in [0.3, 0.4) is 0 Å². The third-order valence-electron chi connectivity index (χ3n) is 8.02. The lowest BCUT2D eigenvalue weighted by atomic mass is 9.77. The topological polar surface area (TPSA) is 99.5 Å². The molecule has 1 heterocycles. The van der Waals surface area contributed by atoms with Crippen LogP contribution in [-0.2, 0) is 30.7 Å². The molecule has 222 valence electrons. The van der Waals surface area contributed by atoms with Gasteiger partial charge in [-0.25, -0.2) is 9.59 Å². The number of carboxylic acids is 1. The molecule has 0 spiro atoms. The smallest absolute Gasteiger partial charge is 0.347 e. The van der Waals surface area contributed by atoms with E-state index in [-0.39, 0.29) is 11.7 Å². The lowest BCUT2D eigenvalue weighted by Gasteiger charge is -2.30. The zero-order valence-electron chi connectivity index (χ0n) is 25.4. The second kappa shape index (κ2) is 15.7. The number of ether oxygens (including phenoxy) is 1. The highest BCUT2D eigenvalue weighted by molar-refractivity contribution is 5.77. The van der Waals surface area contributed by atoms with Crippen molar-refractivity contribution in [2.24, 2.45) is 23.5 Å². The van der Waals surface area contributed by atoms with Crippen LogP contribution in [0, 0.1) is 17.8 Å². The van der Waals surface area contributed by atoms with E-state index in [1.807, 2.05) is 45.7 Å². The average molecular weight is 554 g/mol. The van der Waals surface area contributed by atoms with Crippen LogP contribution in [0.15, 0.2) is 60.1 Å². The Bertz CT molecular complexity index is 1160. The Morgan fingerprint density at radius 3 is 2.40 bits per heavy atom. The van der Waals surface area contributed by atoms with Gasteiger partial charge in [0.1, 0.15) is 5.75 Å². The van der Waals surface area contributed by atoms with Crippen molar-refractivity contribution in [2.45, 2.75) is 105 Å². The molecule has 7 heteroatoms. The number of hydrogen-bond donors (Lipinski definition) is 2. The standard InChI is InChI=1S/C33H51N3O4/c1-8-13-24(4)30(26(6)34)25(5)14-12-22-35-23-28(36(21-9-2)32(35)39)16-11-15-27-17-19-29(20-18-27)40-33(7,10-3)31(37)38/h8,12,14,17-20,23-26,30H,1,9-11,13,15-16,21-22,34H2,2-7H3,(H,37,38)/b14-12+. The van der Waals surface area contributed by atoms with E-state index >= 15 is 0 Å². The maximum absolute atomic E-state index is 13.2. The molecule has 7 nitrogen and oxygen atoms in total. The fourth-order valence-electron chi connectivity index (χ4n) is 5.55. The van der Waals surface area contributed by atoms with Crippen molar-refractivity contribution < 1.29 is 14.6 Å². The van der Waals surface area contributed by atoms with Gasteiger partial charge in [-0.15, -0.1) is 6.58 Å². The summed E-state index contributed by atoms with van der Waals surface area (Å²) in [6.07, 6.45) is 13.0. The fourth-order valence-corrected chi connectivity index (χ4v) is 5.55. The molecule has 0 aliphatic rings. The summed E-state index contributed by atoms with van der Waals surface area (Å²) in [5, 5.41) is 9.44. The number of aryl methyl sites for hydroxylation is 2. The van der Waals surface area contributed by atoms with Gasteiger partial charge in [-0.2, -0.15) is 0 Å². The van der Waals surface area contributed by atoms with Crippen LogP contribution in [-0.4, -0.2) is 31.9 Å². The maximum Gasteiger partial charge on any atom is 0.347 e. The van der Waals surface area contributed by atoms with E-state index in [2.05, 4.69) is 46.4 Å². The summed E-state index contributed by atoms with van der Waals surface area (Å²) in [5.41, 5.74) is 7.32. The van der Waals surface area contributed by atoms with Crippen molar-refractivity contribution in [3.63, 3.8) is 0 Å². The van der Waals surface area contributed by atoms with Gasteiger partial charge < -0.3 is 15.6 Å². The van der Waals surface area contributed by atoms with Crippen molar-refractivity contribution in [1.82, 2.24) is 9.13 Å². The van der Waals surface area contributed by atoms with E-state index in [1.165, 1.54) is 0 Å². The lowest BCUT2D eigenvalue weighted by molar-refractivity contribution is -0.154. The van der Waals surface area contributed by atoms with E-state index in [1.54, 1.807) is 13.8 Å². The quantitative estimate of drug-likeness (QED) is 0.213. The molecule has 0 amide bonds. The Balaban J connectivity index is 2.04. The molecule has 5 unspecified atom stereocenters. The lowest BCUT2D eigenvalue weighted by Crippen LogP contribution is -2.40. The number of benzene rings is 1. The molecule has 1 aromatic carbocycles. The molecular formula is C33H51N3O4. The SMILES string of the molecule is C=CCC(C)C(C(C)N)C(C)/C=C/Cn1cc(CCCc2ccc(OC(C)(CC)C(=O)O)cc2)n(CCC)c1=O. The van der Waals surface area contributed by atoms with E-state index in [4.69, 9.17) is 10.5 Å². The second-order valence-corrected chi connectivity index (χ2v) is 11.4. The van der Waals surface area contributed by atoms with Crippen LogP contribution in [0.25, 0.3) is 0 Å². The minimum Gasteiger partial charge on any atom is -0.478 e. The van der Waals surface area contributed by atoms with Gasteiger partial charge in [0, 0.05) is 31.0 Å². The van der Waals surface area contributed by atoms with Gasteiger partial charge >= 0.3 is 11.7 Å². The predicted molar refractivity (Wildman–Crippen MR) is 164 cm³/mol.